The minimum Gasteiger partial charge on any atom is -0.363 e. The van der Waals surface area contributed by atoms with Crippen LogP contribution in [0.4, 0.5) is 5.82 Å². The lowest BCUT2D eigenvalue weighted by Gasteiger charge is -2.14. The predicted octanol–water partition coefficient (Wildman–Crippen LogP) is 1.86. The van der Waals surface area contributed by atoms with Gasteiger partial charge < -0.3 is 15.5 Å². The molecule has 0 fully saturated rings. The Morgan fingerprint density at radius 1 is 1.30 bits per heavy atom. The normalized spacial score (nSPS) is 11.6. The molecule has 0 saturated heterocycles. The molecule has 0 aliphatic rings. The summed E-state index contributed by atoms with van der Waals surface area (Å²) in [6.45, 7) is 8.77. The number of nitrogens with zero attached hydrogens (tertiary/aromatic N) is 3. The van der Waals surface area contributed by atoms with Crippen molar-refractivity contribution in [1.29, 1.82) is 0 Å². The van der Waals surface area contributed by atoms with E-state index in [1.165, 1.54) is 0 Å². The van der Waals surface area contributed by atoms with Crippen LogP contribution >= 0.6 is 0 Å². The maximum atomic E-state index is 4.57. The minimum atomic E-state index is 0.578. The van der Waals surface area contributed by atoms with E-state index in [4.69, 9.17) is 0 Å². The number of guanidine groups is 1. The third-order valence-electron chi connectivity index (χ3n) is 2.67. The molecule has 0 radical (unpaired) electrons. The van der Waals surface area contributed by atoms with E-state index in [0.717, 1.165) is 30.6 Å². The summed E-state index contributed by atoms with van der Waals surface area (Å²) in [4.78, 5) is 11.1. The fourth-order valence-electron chi connectivity index (χ4n) is 1.61. The summed E-state index contributed by atoms with van der Waals surface area (Å²) < 4.78 is 0. The van der Waals surface area contributed by atoms with Crippen molar-refractivity contribution in [2.75, 3.05) is 32.1 Å². The number of pyridine rings is 1. The van der Waals surface area contributed by atoms with Crippen molar-refractivity contribution in [2.45, 2.75) is 27.3 Å². The Morgan fingerprint density at radius 3 is 2.65 bits per heavy atom. The first-order valence-electron chi connectivity index (χ1n) is 7.18. The number of nitrogens with one attached hydrogen (secondary N) is 2. The summed E-state index contributed by atoms with van der Waals surface area (Å²) in [5.41, 5.74) is 0.970. The molecule has 2 N–H and O–H groups in total. The second-order valence-corrected chi connectivity index (χ2v) is 5.35. The zero-order valence-corrected chi connectivity index (χ0v) is 13.3. The molecule has 0 aromatic carbocycles. The van der Waals surface area contributed by atoms with Gasteiger partial charge in [-0.05, 0) is 25.0 Å². The number of aliphatic imine (C=N–C) groups is 1. The highest BCUT2D eigenvalue weighted by Crippen LogP contribution is 2.08. The molecular weight excluding hydrogens is 250 g/mol. The lowest BCUT2D eigenvalue weighted by Crippen LogP contribution is -2.39. The molecule has 112 valence electrons. The maximum Gasteiger partial charge on any atom is 0.191 e. The largest absolute Gasteiger partial charge is 0.363 e. The zero-order chi connectivity index (χ0) is 15.0. The first-order valence-corrected chi connectivity index (χ1v) is 7.18. The smallest absolute Gasteiger partial charge is 0.191 e. The fourth-order valence-corrected chi connectivity index (χ4v) is 1.61. The second-order valence-electron chi connectivity index (χ2n) is 5.35. The van der Waals surface area contributed by atoms with Crippen LogP contribution in [0.5, 0.6) is 0 Å². The quantitative estimate of drug-likeness (QED) is 0.615. The van der Waals surface area contributed by atoms with Crippen molar-refractivity contribution >= 4 is 11.8 Å². The summed E-state index contributed by atoms with van der Waals surface area (Å²) in [7, 11) is 3.98. The molecule has 0 bridgehead atoms. The van der Waals surface area contributed by atoms with Crippen molar-refractivity contribution < 1.29 is 0 Å². The molecule has 0 aliphatic carbocycles. The summed E-state index contributed by atoms with van der Waals surface area (Å²) in [5, 5.41) is 6.57. The Hall–Kier alpha value is -1.78. The molecule has 0 amide bonds. The second kappa shape index (κ2) is 8.40. The van der Waals surface area contributed by atoms with Crippen molar-refractivity contribution in [2.24, 2.45) is 10.9 Å². The molecule has 1 aromatic rings. The molecule has 5 nitrogen and oxygen atoms in total. The van der Waals surface area contributed by atoms with Crippen molar-refractivity contribution in [3.05, 3.63) is 23.9 Å². The molecular formula is C15H27N5. The van der Waals surface area contributed by atoms with Gasteiger partial charge in [-0.25, -0.2) is 9.98 Å². The van der Waals surface area contributed by atoms with Crippen LogP contribution < -0.4 is 15.5 Å². The van der Waals surface area contributed by atoms with Crippen LogP contribution in [-0.4, -0.2) is 38.1 Å². The van der Waals surface area contributed by atoms with Crippen LogP contribution in [0.15, 0.2) is 23.2 Å². The first kappa shape index (κ1) is 16.3. The topological polar surface area (TPSA) is 52.6 Å². The summed E-state index contributed by atoms with van der Waals surface area (Å²) in [5.74, 6) is 2.39. The summed E-state index contributed by atoms with van der Waals surface area (Å²) in [6.07, 6.45) is 0. The van der Waals surface area contributed by atoms with Gasteiger partial charge in [0.15, 0.2) is 5.96 Å². The molecule has 0 spiro atoms. The van der Waals surface area contributed by atoms with E-state index in [9.17, 15) is 0 Å². The van der Waals surface area contributed by atoms with E-state index in [1.807, 2.05) is 37.2 Å². The van der Waals surface area contributed by atoms with Crippen LogP contribution in [0.1, 0.15) is 26.5 Å². The zero-order valence-electron chi connectivity index (χ0n) is 13.3. The highest BCUT2D eigenvalue weighted by Gasteiger charge is 2.01. The maximum absolute atomic E-state index is 4.57. The van der Waals surface area contributed by atoms with Gasteiger partial charge in [-0.1, -0.05) is 19.9 Å². The van der Waals surface area contributed by atoms with Crippen molar-refractivity contribution in [1.82, 2.24) is 15.6 Å². The van der Waals surface area contributed by atoms with Crippen molar-refractivity contribution in [3.8, 4) is 0 Å². The fraction of sp³-hybridized carbons (Fsp3) is 0.600. The number of rotatable bonds is 6. The molecule has 5 heteroatoms. The van der Waals surface area contributed by atoms with E-state index in [2.05, 4.69) is 41.4 Å². The highest BCUT2D eigenvalue weighted by molar-refractivity contribution is 5.79. The van der Waals surface area contributed by atoms with Gasteiger partial charge in [0.1, 0.15) is 5.82 Å². The van der Waals surface area contributed by atoms with E-state index < -0.39 is 0 Å². The monoisotopic (exact) mass is 277 g/mol. The molecule has 20 heavy (non-hydrogen) atoms. The molecule has 1 heterocycles. The van der Waals surface area contributed by atoms with Gasteiger partial charge in [0.05, 0.1) is 12.2 Å². The van der Waals surface area contributed by atoms with Gasteiger partial charge in [0.25, 0.3) is 0 Å². The van der Waals surface area contributed by atoms with E-state index in [1.54, 1.807) is 0 Å². The SMILES string of the molecule is CCNC(=NCc1cccc(N(C)C)n1)NCC(C)C. The number of hydrogen-bond acceptors (Lipinski definition) is 3. The molecule has 1 aromatic heterocycles. The van der Waals surface area contributed by atoms with Gasteiger partial charge >= 0.3 is 0 Å². The molecule has 0 unspecified atom stereocenters. The Morgan fingerprint density at radius 2 is 2.05 bits per heavy atom. The van der Waals surface area contributed by atoms with Gasteiger partial charge in [-0.15, -0.1) is 0 Å². The number of anilines is 1. The first-order chi connectivity index (χ1) is 9.52. The van der Waals surface area contributed by atoms with E-state index in [-0.39, 0.29) is 0 Å². The highest BCUT2D eigenvalue weighted by atomic mass is 15.2. The summed E-state index contributed by atoms with van der Waals surface area (Å²) in [6, 6.07) is 6.01. The molecule has 0 atom stereocenters. The minimum absolute atomic E-state index is 0.578. The van der Waals surface area contributed by atoms with Crippen LogP contribution in [0, 0.1) is 5.92 Å². The van der Waals surface area contributed by atoms with Crippen molar-refractivity contribution in [3.63, 3.8) is 0 Å². The van der Waals surface area contributed by atoms with E-state index in [0.29, 0.717) is 12.5 Å². The average Bonchev–Trinajstić information content (AvgIpc) is 2.42. The Labute approximate surface area is 122 Å². The average molecular weight is 277 g/mol. The molecule has 1 rings (SSSR count). The standard InChI is InChI=1S/C15H27N5/c1-6-16-15(17-10-12(2)3)18-11-13-8-7-9-14(19-13)20(4)5/h7-9,12H,6,10-11H2,1-5H3,(H2,16,17,18). The third kappa shape index (κ3) is 5.91. The van der Waals surface area contributed by atoms with Crippen LogP contribution in [0.3, 0.4) is 0 Å². The van der Waals surface area contributed by atoms with Gasteiger partial charge in [-0.2, -0.15) is 0 Å². The predicted molar refractivity (Wildman–Crippen MR) is 86.2 cm³/mol. The lowest BCUT2D eigenvalue weighted by atomic mass is 10.2. The van der Waals surface area contributed by atoms with Gasteiger partial charge in [-0.3, -0.25) is 0 Å². The van der Waals surface area contributed by atoms with Crippen LogP contribution in [0.25, 0.3) is 0 Å². The van der Waals surface area contributed by atoms with E-state index >= 15 is 0 Å². The Kier molecular flexibility index (Phi) is 6.84. The number of hydrogen-bond donors (Lipinski definition) is 2. The van der Waals surface area contributed by atoms with Crippen LogP contribution in [0.2, 0.25) is 0 Å². The lowest BCUT2D eigenvalue weighted by molar-refractivity contribution is 0.614. The van der Waals surface area contributed by atoms with Gasteiger partial charge in [0.2, 0.25) is 0 Å². The Bertz CT molecular complexity index is 426. The molecule has 0 aliphatic heterocycles. The molecule has 0 saturated carbocycles. The Balaban J connectivity index is 2.68. The summed E-state index contributed by atoms with van der Waals surface area (Å²) >= 11 is 0. The third-order valence-corrected chi connectivity index (χ3v) is 2.67. The van der Waals surface area contributed by atoms with Gasteiger partial charge in [0, 0.05) is 27.2 Å². The van der Waals surface area contributed by atoms with Crippen LogP contribution in [-0.2, 0) is 6.54 Å². The number of aromatic nitrogens is 1.